The van der Waals surface area contributed by atoms with E-state index in [1.54, 1.807) is 0 Å². The SMILES string of the molecule is CCOC(CN(C(=O)[C@@H](N)CC(C)C)C1CCC(NC(=O)OC(C)(C)C)CC1)OCC. The first-order chi connectivity index (χ1) is 14.5. The van der Waals surface area contributed by atoms with Crippen LogP contribution in [0, 0.1) is 5.92 Å². The van der Waals surface area contributed by atoms with Crippen molar-refractivity contribution in [2.24, 2.45) is 11.7 Å². The zero-order valence-corrected chi connectivity index (χ0v) is 20.6. The van der Waals surface area contributed by atoms with E-state index in [2.05, 4.69) is 19.2 Å². The molecule has 2 amide bonds. The van der Waals surface area contributed by atoms with Gasteiger partial charge in [0.05, 0.1) is 12.6 Å². The molecule has 182 valence electrons. The topological polar surface area (TPSA) is 103 Å². The van der Waals surface area contributed by atoms with Crippen molar-refractivity contribution in [2.45, 2.75) is 111 Å². The first kappa shape index (κ1) is 27.7. The molecule has 0 aromatic heterocycles. The molecule has 8 nitrogen and oxygen atoms in total. The van der Waals surface area contributed by atoms with E-state index in [1.165, 1.54) is 0 Å². The lowest BCUT2D eigenvalue weighted by Gasteiger charge is -2.39. The lowest BCUT2D eigenvalue weighted by atomic mass is 9.89. The molecule has 1 fully saturated rings. The molecule has 0 aromatic rings. The van der Waals surface area contributed by atoms with Gasteiger partial charge in [0, 0.05) is 25.3 Å². The van der Waals surface area contributed by atoms with Crippen LogP contribution >= 0.6 is 0 Å². The van der Waals surface area contributed by atoms with Crippen LogP contribution in [0.1, 0.15) is 80.6 Å². The second-order valence-corrected chi connectivity index (χ2v) is 9.72. The number of amides is 2. The van der Waals surface area contributed by atoms with Gasteiger partial charge in [-0.2, -0.15) is 0 Å². The minimum atomic E-state index is -0.540. The molecule has 1 aliphatic carbocycles. The number of alkyl carbamates (subject to hydrolysis) is 1. The van der Waals surface area contributed by atoms with Crippen LogP contribution in [-0.4, -0.2) is 66.7 Å². The van der Waals surface area contributed by atoms with Crippen LogP contribution in [0.2, 0.25) is 0 Å². The fourth-order valence-electron chi connectivity index (χ4n) is 3.93. The number of hydrogen-bond donors (Lipinski definition) is 2. The third-order valence-electron chi connectivity index (χ3n) is 5.23. The molecule has 3 N–H and O–H groups in total. The van der Waals surface area contributed by atoms with Gasteiger partial charge in [0.15, 0.2) is 6.29 Å². The molecule has 0 aromatic carbocycles. The number of nitrogens with one attached hydrogen (secondary N) is 1. The summed E-state index contributed by atoms with van der Waals surface area (Å²) in [5.41, 5.74) is 5.73. The molecule has 0 heterocycles. The van der Waals surface area contributed by atoms with Gasteiger partial charge in [0.2, 0.25) is 5.91 Å². The van der Waals surface area contributed by atoms with Crippen LogP contribution in [-0.2, 0) is 19.0 Å². The summed E-state index contributed by atoms with van der Waals surface area (Å²) in [5, 5.41) is 2.96. The van der Waals surface area contributed by atoms with Crippen molar-refractivity contribution in [3.63, 3.8) is 0 Å². The number of rotatable bonds is 11. The fourth-order valence-corrected chi connectivity index (χ4v) is 3.93. The normalized spacial score (nSPS) is 20.6. The maximum Gasteiger partial charge on any atom is 0.407 e. The highest BCUT2D eigenvalue weighted by molar-refractivity contribution is 5.82. The number of nitrogens with two attached hydrogens (primary N) is 1. The third-order valence-corrected chi connectivity index (χ3v) is 5.23. The highest BCUT2D eigenvalue weighted by atomic mass is 16.7. The Bertz CT molecular complexity index is 536. The van der Waals surface area contributed by atoms with Gasteiger partial charge in [-0.1, -0.05) is 13.8 Å². The molecular formula is C23H45N3O5. The molecule has 0 spiro atoms. The lowest BCUT2D eigenvalue weighted by molar-refractivity contribution is -0.164. The highest BCUT2D eigenvalue weighted by Crippen LogP contribution is 2.25. The maximum absolute atomic E-state index is 13.2. The van der Waals surface area contributed by atoms with Gasteiger partial charge in [-0.15, -0.1) is 0 Å². The monoisotopic (exact) mass is 443 g/mol. The third kappa shape index (κ3) is 10.7. The van der Waals surface area contributed by atoms with Crippen molar-refractivity contribution < 1.29 is 23.8 Å². The Hall–Kier alpha value is -1.38. The van der Waals surface area contributed by atoms with E-state index in [1.807, 2.05) is 39.5 Å². The predicted molar refractivity (Wildman–Crippen MR) is 122 cm³/mol. The van der Waals surface area contributed by atoms with Crippen molar-refractivity contribution in [3.05, 3.63) is 0 Å². The Morgan fingerprint density at radius 2 is 1.61 bits per heavy atom. The molecule has 31 heavy (non-hydrogen) atoms. The lowest BCUT2D eigenvalue weighted by Crippen LogP contribution is -2.54. The Kier molecular flexibility index (Phi) is 11.8. The van der Waals surface area contributed by atoms with Crippen LogP contribution in [0.5, 0.6) is 0 Å². The molecule has 0 radical (unpaired) electrons. The summed E-state index contributed by atoms with van der Waals surface area (Å²) in [5.74, 6) is 0.283. The number of ether oxygens (including phenoxy) is 3. The van der Waals surface area contributed by atoms with Gasteiger partial charge in [-0.3, -0.25) is 4.79 Å². The van der Waals surface area contributed by atoms with Crippen LogP contribution in [0.4, 0.5) is 4.79 Å². The summed E-state index contributed by atoms with van der Waals surface area (Å²) < 4.78 is 16.8. The van der Waals surface area contributed by atoms with Crippen LogP contribution in [0.15, 0.2) is 0 Å². The van der Waals surface area contributed by atoms with Gasteiger partial charge in [-0.05, 0) is 72.6 Å². The van der Waals surface area contributed by atoms with E-state index in [4.69, 9.17) is 19.9 Å². The van der Waals surface area contributed by atoms with E-state index in [9.17, 15) is 9.59 Å². The van der Waals surface area contributed by atoms with Crippen molar-refractivity contribution >= 4 is 12.0 Å². The molecular weight excluding hydrogens is 398 g/mol. The average Bonchev–Trinajstić information content (AvgIpc) is 2.64. The first-order valence-electron chi connectivity index (χ1n) is 11.8. The summed E-state index contributed by atoms with van der Waals surface area (Å²) in [6.07, 6.45) is 2.90. The minimum Gasteiger partial charge on any atom is -0.444 e. The van der Waals surface area contributed by atoms with E-state index in [0.717, 1.165) is 25.7 Å². The standard InChI is InChI=1S/C23H45N3O5/c1-8-29-20(30-9-2)15-26(21(27)19(24)14-16(3)4)18-12-10-17(11-13-18)25-22(28)31-23(5,6)7/h16-20H,8-15,24H2,1-7H3,(H,25,28)/t17?,18?,19-/m0/s1. The average molecular weight is 444 g/mol. The smallest absolute Gasteiger partial charge is 0.407 e. The van der Waals surface area contributed by atoms with Gasteiger partial charge in [-0.25, -0.2) is 4.79 Å². The second-order valence-electron chi connectivity index (χ2n) is 9.72. The van der Waals surface area contributed by atoms with Gasteiger partial charge < -0.3 is 30.2 Å². The Labute approximate surface area is 188 Å². The summed E-state index contributed by atoms with van der Waals surface area (Å²) in [7, 11) is 0. The zero-order chi connectivity index (χ0) is 23.6. The van der Waals surface area contributed by atoms with E-state index in [0.29, 0.717) is 32.1 Å². The largest absolute Gasteiger partial charge is 0.444 e. The quantitative estimate of drug-likeness (QED) is 0.474. The Morgan fingerprint density at radius 3 is 2.06 bits per heavy atom. The van der Waals surface area contributed by atoms with Crippen molar-refractivity contribution in [2.75, 3.05) is 19.8 Å². The molecule has 1 atom stereocenters. The molecule has 1 rings (SSSR count). The molecule has 8 heteroatoms. The number of carbonyl (C=O) groups excluding carboxylic acids is 2. The molecule has 0 unspecified atom stereocenters. The van der Waals surface area contributed by atoms with Crippen molar-refractivity contribution in [1.82, 2.24) is 10.2 Å². The van der Waals surface area contributed by atoms with Gasteiger partial charge in [0.1, 0.15) is 5.60 Å². The molecule has 0 saturated heterocycles. The molecule has 0 aliphatic heterocycles. The summed E-state index contributed by atoms with van der Waals surface area (Å²) >= 11 is 0. The number of hydrogen-bond acceptors (Lipinski definition) is 6. The fraction of sp³-hybridized carbons (Fsp3) is 0.913. The number of nitrogens with zero attached hydrogens (tertiary/aromatic N) is 1. The summed E-state index contributed by atoms with van der Waals surface area (Å²) in [6.45, 7) is 14.9. The van der Waals surface area contributed by atoms with Crippen LogP contribution < -0.4 is 11.1 Å². The summed E-state index contributed by atoms with van der Waals surface area (Å²) in [4.78, 5) is 27.2. The van der Waals surface area contributed by atoms with E-state index >= 15 is 0 Å². The predicted octanol–water partition coefficient (Wildman–Crippen LogP) is 3.42. The Balaban J connectivity index is 2.80. The molecule has 0 bridgehead atoms. The zero-order valence-electron chi connectivity index (χ0n) is 20.6. The van der Waals surface area contributed by atoms with Gasteiger partial charge >= 0.3 is 6.09 Å². The first-order valence-corrected chi connectivity index (χ1v) is 11.8. The van der Waals surface area contributed by atoms with Crippen molar-refractivity contribution in [1.29, 1.82) is 0 Å². The van der Waals surface area contributed by atoms with E-state index in [-0.39, 0.29) is 18.0 Å². The van der Waals surface area contributed by atoms with E-state index < -0.39 is 24.0 Å². The van der Waals surface area contributed by atoms with Crippen LogP contribution in [0.25, 0.3) is 0 Å². The van der Waals surface area contributed by atoms with Crippen LogP contribution in [0.3, 0.4) is 0 Å². The highest BCUT2D eigenvalue weighted by Gasteiger charge is 2.34. The molecule has 1 aliphatic rings. The maximum atomic E-state index is 13.2. The second kappa shape index (κ2) is 13.2. The molecule has 1 saturated carbocycles. The number of carbonyl (C=O) groups is 2. The summed E-state index contributed by atoms with van der Waals surface area (Å²) in [6, 6.07) is -0.450. The minimum absolute atomic E-state index is 0.0435. The van der Waals surface area contributed by atoms with Gasteiger partial charge in [0.25, 0.3) is 0 Å². The van der Waals surface area contributed by atoms with Crippen molar-refractivity contribution in [3.8, 4) is 0 Å². The Morgan fingerprint density at radius 1 is 1.06 bits per heavy atom.